The number of hydrogen-bond acceptors (Lipinski definition) is 2. The van der Waals surface area contributed by atoms with Crippen LogP contribution in [0.5, 0.6) is 0 Å². The predicted molar refractivity (Wildman–Crippen MR) is 255 cm³/mol. The van der Waals surface area contributed by atoms with Crippen molar-refractivity contribution in [3.8, 4) is 33.4 Å². The molecule has 1 unspecified atom stereocenters. The van der Waals surface area contributed by atoms with Gasteiger partial charge in [-0.15, -0.1) is 0 Å². The minimum absolute atomic E-state index is 0.600. The van der Waals surface area contributed by atoms with E-state index in [1.165, 1.54) is 72.1 Å². The molecule has 286 valence electrons. The standard InChI is InChI=1S/C59H40N2/c1-5-21-41(22-6-1)42-24-19-31-47(39-42)61(46-29-11-4-12-30-46)54-38-20-37-53-56(54)49-33-15-17-35-51(49)59(53)52-36-18-16-34-50(52)57-55(40-43-23-13-14-32-48(43)58(57)59)60(44-25-7-2-8-26-44)45-27-9-3-10-28-45/h1-40H. The van der Waals surface area contributed by atoms with Crippen molar-refractivity contribution in [2.45, 2.75) is 5.41 Å². The number of benzene rings is 10. The molecule has 10 aromatic carbocycles. The van der Waals surface area contributed by atoms with E-state index in [-0.39, 0.29) is 0 Å². The molecule has 2 heteroatoms. The van der Waals surface area contributed by atoms with Crippen LogP contribution in [0.2, 0.25) is 0 Å². The van der Waals surface area contributed by atoms with Crippen molar-refractivity contribution in [3.63, 3.8) is 0 Å². The lowest BCUT2D eigenvalue weighted by Crippen LogP contribution is -2.26. The maximum absolute atomic E-state index is 2.46. The Balaban J connectivity index is 1.19. The van der Waals surface area contributed by atoms with Crippen molar-refractivity contribution in [1.82, 2.24) is 0 Å². The number of hydrogen-bond donors (Lipinski definition) is 0. The fourth-order valence-corrected chi connectivity index (χ4v) is 10.4. The molecule has 0 saturated carbocycles. The van der Waals surface area contributed by atoms with Crippen LogP contribution in [-0.2, 0) is 5.41 Å². The molecule has 1 atom stereocenters. The maximum Gasteiger partial charge on any atom is 0.0733 e. The average Bonchev–Trinajstić information content (AvgIpc) is 3.82. The first kappa shape index (κ1) is 35.0. The molecule has 0 radical (unpaired) electrons. The minimum Gasteiger partial charge on any atom is -0.310 e. The Labute approximate surface area is 356 Å². The van der Waals surface area contributed by atoms with Gasteiger partial charge >= 0.3 is 0 Å². The summed E-state index contributed by atoms with van der Waals surface area (Å²) < 4.78 is 0. The number of para-hydroxylation sites is 3. The summed E-state index contributed by atoms with van der Waals surface area (Å²) in [5, 5.41) is 2.48. The highest BCUT2D eigenvalue weighted by Gasteiger charge is 2.54. The smallest absolute Gasteiger partial charge is 0.0733 e. The van der Waals surface area contributed by atoms with Crippen molar-refractivity contribution < 1.29 is 0 Å². The molecule has 2 nitrogen and oxygen atoms in total. The normalized spacial score (nSPS) is 14.3. The summed E-state index contributed by atoms with van der Waals surface area (Å²) in [5.74, 6) is 0. The van der Waals surface area contributed by atoms with Gasteiger partial charge in [-0.3, -0.25) is 0 Å². The Morgan fingerprint density at radius 3 is 1.39 bits per heavy atom. The molecule has 0 amide bonds. The van der Waals surface area contributed by atoms with E-state index < -0.39 is 5.41 Å². The van der Waals surface area contributed by atoms with Gasteiger partial charge < -0.3 is 9.80 Å². The summed E-state index contributed by atoms with van der Waals surface area (Å²) in [6, 6.07) is 89.0. The molecule has 0 aromatic heterocycles. The highest BCUT2D eigenvalue weighted by Crippen LogP contribution is 2.67. The van der Waals surface area contributed by atoms with Crippen molar-refractivity contribution >= 4 is 44.9 Å². The van der Waals surface area contributed by atoms with Crippen molar-refractivity contribution in [3.05, 3.63) is 265 Å². The van der Waals surface area contributed by atoms with Gasteiger partial charge in [0.25, 0.3) is 0 Å². The molecular weight excluding hydrogens is 737 g/mol. The van der Waals surface area contributed by atoms with Crippen molar-refractivity contribution in [2.24, 2.45) is 0 Å². The van der Waals surface area contributed by atoms with Gasteiger partial charge in [0.15, 0.2) is 0 Å². The monoisotopic (exact) mass is 776 g/mol. The molecule has 1 spiro atoms. The second-order valence-electron chi connectivity index (χ2n) is 16.0. The maximum atomic E-state index is 2.46. The van der Waals surface area contributed by atoms with E-state index in [0.717, 1.165) is 28.4 Å². The van der Waals surface area contributed by atoms with Crippen LogP contribution >= 0.6 is 0 Å². The molecule has 2 aliphatic rings. The summed E-state index contributed by atoms with van der Waals surface area (Å²) in [4.78, 5) is 4.92. The Kier molecular flexibility index (Phi) is 8.11. The molecule has 10 aromatic rings. The van der Waals surface area contributed by atoms with Crippen LogP contribution in [0.3, 0.4) is 0 Å². The third-order valence-corrected chi connectivity index (χ3v) is 12.8. The number of anilines is 6. The zero-order chi connectivity index (χ0) is 40.3. The van der Waals surface area contributed by atoms with Crippen LogP contribution in [0.15, 0.2) is 243 Å². The van der Waals surface area contributed by atoms with E-state index >= 15 is 0 Å². The van der Waals surface area contributed by atoms with Crippen LogP contribution in [0.25, 0.3) is 44.2 Å². The zero-order valence-corrected chi connectivity index (χ0v) is 33.5. The van der Waals surface area contributed by atoms with Gasteiger partial charge in [-0.2, -0.15) is 0 Å². The summed E-state index contributed by atoms with van der Waals surface area (Å²) in [7, 11) is 0. The van der Waals surface area contributed by atoms with E-state index in [4.69, 9.17) is 0 Å². The molecule has 0 saturated heterocycles. The molecule has 12 rings (SSSR count). The van der Waals surface area contributed by atoms with Crippen LogP contribution in [0.1, 0.15) is 22.3 Å². The first-order valence-corrected chi connectivity index (χ1v) is 21.1. The third kappa shape index (κ3) is 5.29. The first-order chi connectivity index (χ1) is 30.3. The average molecular weight is 777 g/mol. The highest BCUT2D eigenvalue weighted by atomic mass is 15.2. The van der Waals surface area contributed by atoms with Gasteiger partial charge in [-0.05, 0) is 116 Å². The number of fused-ring (bicyclic) bond motifs is 12. The quantitative estimate of drug-likeness (QED) is 0.159. The highest BCUT2D eigenvalue weighted by molar-refractivity contribution is 6.11. The van der Waals surface area contributed by atoms with Gasteiger partial charge in [0.2, 0.25) is 0 Å². The predicted octanol–water partition coefficient (Wildman–Crippen LogP) is 15.8. The lowest BCUT2D eigenvalue weighted by molar-refractivity contribution is 0.801. The molecule has 0 fully saturated rings. The summed E-state index contributed by atoms with van der Waals surface area (Å²) >= 11 is 0. The van der Waals surface area contributed by atoms with E-state index in [2.05, 4.69) is 252 Å². The largest absolute Gasteiger partial charge is 0.310 e. The van der Waals surface area contributed by atoms with Crippen molar-refractivity contribution in [1.29, 1.82) is 0 Å². The van der Waals surface area contributed by atoms with Gasteiger partial charge in [-0.1, -0.05) is 182 Å². The molecular formula is C59H40N2. The second-order valence-corrected chi connectivity index (χ2v) is 16.0. The first-order valence-electron chi connectivity index (χ1n) is 21.1. The Morgan fingerprint density at radius 1 is 0.295 bits per heavy atom. The minimum atomic E-state index is -0.600. The Bertz CT molecular complexity index is 3210. The fourth-order valence-electron chi connectivity index (χ4n) is 10.4. The van der Waals surface area contributed by atoms with Crippen LogP contribution in [0.4, 0.5) is 34.1 Å². The third-order valence-electron chi connectivity index (χ3n) is 12.8. The Morgan fingerprint density at radius 2 is 0.754 bits per heavy atom. The summed E-state index contributed by atoms with van der Waals surface area (Å²) in [5.41, 5.74) is 18.9. The topological polar surface area (TPSA) is 6.48 Å². The second kappa shape index (κ2) is 14.1. The van der Waals surface area contributed by atoms with Gasteiger partial charge in [0, 0.05) is 33.9 Å². The van der Waals surface area contributed by atoms with Gasteiger partial charge in [0.05, 0.1) is 16.8 Å². The van der Waals surface area contributed by atoms with Crippen LogP contribution in [0, 0.1) is 0 Å². The Hall–Kier alpha value is -7.94. The fraction of sp³-hybridized carbons (Fsp3) is 0.0169. The number of nitrogens with zero attached hydrogens (tertiary/aromatic N) is 2. The molecule has 0 N–H and O–H groups in total. The zero-order valence-electron chi connectivity index (χ0n) is 33.5. The summed E-state index contributed by atoms with van der Waals surface area (Å²) in [6.45, 7) is 0. The molecule has 0 heterocycles. The van der Waals surface area contributed by atoms with Gasteiger partial charge in [0.1, 0.15) is 0 Å². The van der Waals surface area contributed by atoms with E-state index in [9.17, 15) is 0 Å². The molecule has 0 aliphatic heterocycles. The SMILES string of the molecule is c1ccc(-c2cccc(N(c3ccccc3)c3cccc4c3-c3ccccc3C43c4ccccc4-c4c(N(c5ccccc5)c5ccccc5)cc5ccccc5c43)c2)cc1. The van der Waals surface area contributed by atoms with E-state index in [0.29, 0.717) is 0 Å². The van der Waals surface area contributed by atoms with E-state index in [1.54, 1.807) is 0 Å². The van der Waals surface area contributed by atoms with Crippen LogP contribution < -0.4 is 9.80 Å². The molecule has 61 heavy (non-hydrogen) atoms. The summed E-state index contributed by atoms with van der Waals surface area (Å²) in [6.07, 6.45) is 0. The van der Waals surface area contributed by atoms with E-state index in [1.807, 2.05) is 0 Å². The molecule has 0 bridgehead atoms. The van der Waals surface area contributed by atoms with Crippen LogP contribution in [-0.4, -0.2) is 0 Å². The van der Waals surface area contributed by atoms with Gasteiger partial charge in [-0.25, -0.2) is 0 Å². The lowest BCUT2D eigenvalue weighted by atomic mass is 9.69. The van der Waals surface area contributed by atoms with Crippen molar-refractivity contribution in [2.75, 3.05) is 9.80 Å². The molecule has 2 aliphatic carbocycles. The number of rotatable bonds is 7. The lowest BCUT2D eigenvalue weighted by Gasteiger charge is -2.34.